The first-order chi connectivity index (χ1) is 12.1. The molecule has 3 aromatic heterocycles. The van der Waals surface area contributed by atoms with Crippen LogP contribution in [0.25, 0.3) is 21.1 Å². The number of thiophene rings is 1. The van der Waals surface area contributed by atoms with E-state index in [0.29, 0.717) is 12.2 Å². The molecule has 0 aliphatic heterocycles. The Bertz CT molecular complexity index is 1070. The zero-order chi connectivity index (χ0) is 17.4. The monoisotopic (exact) mass is 352 g/mol. The fourth-order valence-electron chi connectivity index (χ4n) is 2.98. The van der Waals surface area contributed by atoms with Crippen molar-refractivity contribution in [3.63, 3.8) is 0 Å². The topological polar surface area (TPSA) is 90.9 Å². The van der Waals surface area contributed by atoms with Crippen LogP contribution >= 0.6 is 11.3 Å². The molecular formula is C18H16N4O2S. The predicted octanol–water partition coefficient (Wildman–Crippen LogP) is 3.59. The molecule has 0 fully saturated rings. The molecule has 4 rings (SSSR count). The molecule has 0 saturated carbocycles. The lowest BCUT2D eigenvalue weighted by atomic mass is 10.0. The fraction of sp³-hybridized carbons (Fsp3) is 0.167. The summed E-state index contributed by atoms with van der Waals surface area (Å²) < 4.78 is 0. The van der Waals surface area contributed by atoms with E-state index < -0.39 is 12.0 Å². The Hall–Kier alpha value is -2.93. The molecule has 0 aliphatic rings. The van der Waals surface area contributed by atoms with E-state index in [9.17, 15) is 9.90 Å². The third kappa shape index (κ3) is 2.94. The number of para-hydroxylation sites is 1. The van der Waals surface area contributed by atoms with Gasteiger partial charge in [0, 0.05) is 28.4 Å². The van der Waals surface area contributed by atoms with E-state index in [1.54, 1.807) is 11.3 Å². The normalized spacial score (nSPS) is 12.5. The van der Waals surface area contributed by atoms with Gasteiger partial charge in [-0.2, -0.15) is 0 Å². The predicted molar refractivity (Wildman–Crippen MR) is 99.2 cm³/mol. The first kappa shape index (κ1) is 15.6. The summed E-state index contributed by atoms with van der Waals surface area (Å²) in [7, 11) is 0. The van der Waals surface area contributed by atoms with Gasteiger partial charge in [0.2, 0.25) is 0 Å². The second kappa shape index (κ2) is 6.18. The Morgan fingerprint density at radius 2 is 2.16 bits per heavy atom. The number of benzene rings is 1. The Morgan fingerprint density at radius 3 is 3.00 bits per heavy atom. The molecule has 0 spiro atoms. The summed E-state index contributed by atoms with van der Waals surface area (Å²) in [4.78, 5) is 25.4. The molecule has 25 heavy (non-hydrogen) atoms. The number of anilines is 1. The van der Waals surface area contributed by atoms with Gasteiger partial charge in [0.1, 0.15) is 23.0 Å². The largest absolute Gasteiger partial charge is 0.480 e. The second-order valence-electron chi connectivity index (χ2n) is 5.90. The lowest BCUT2D eigenvalue weighted by Crippen LogP contribution is -2.31. The molecule has 0 amide bonds. The fourth-order valence-corrected chi connectivity index (χ4v) is 3.82. The molecule has 126 valence electrons. The van der Waals surface area contributed by atoms with Crippen LogP contribution in [0.3, 0.4) is 0 Å². The van der Waals surface area contributed by atoms with Gasteiger partial charge in [-0.25, -0.2) is 14.8 Å². The SMILES string of the molecule is Cc1cc2c(NC(Cc3c[nH]c4ccccc34)C(=O)O)ncnc2s1. The molecule has 1 atom stereocenters. The Balaban J connectivity index is 1.66. The summed E-state index contributed by atoms with van der Waals surface area (Å²) in [6.07, 6.45) is 3.69. The summed E-state index contributed by atoms with van der Waals surface area (Å²) in [5.41, 5.74) is 1.96. The van der Waals surface area contributed by atoms with Crippen molar-refractivity contribution in [3.05, 3.63) is 53.3 Å². The highest BCUT2D eigenvalue weighted by molar-refractivity contribution is 7.18. The van der Waals surface area contributed by atoms with Crippen molar-refractivity contribution in [1.29, 1.82) is 0 Å². The van der Waals surface area contributed by atoms with E-state index in [2.05, 4.69) is 20.3 Å². The van der Waals surface area contributed by atoms with Gasteiger partial charge in [0.15, 0.2) is 0 Å². The lowest BCUT2D eigenvalue weighted by molar-refractivity contribution is -0.137. The van der Waals surface area contributed by atoms with Crippen LogP contribution in [-0.4, -0.2) is 32.1 Å². The first-order valence-corrected chi connectivity index (χ1v) is 8.69. The van der Waals surface area contributed by atoms with Gasteiger partial charge in [-0.1, -0.05) is 18.2 Å². The molecule has 6 nitrogen and oxygen atoms in total. The number of carboxylic acids is 1. The van der Waals surface area contributed by atoms with Crippen molar-refractivity contribution in [3.8, 4) is 0 Å². The molecule has 4 aromatic rings. The second-order valence-corrected chi connectivity index (χ2v) is 7.13. The average molecular weight is 352 g/mol. The molecular weight excluding hydrogens is 336 g/mol. The number of hydrogen-bond donors (Lipinski definition) is 3. The summed E-state index contributed by atoms with van der Waals surface area (Å²) >= 11 is 1.57. The van der Waals surface area contributed by atoms with Crippen molar-refractivity contribution in [2.45, 2.75) is 19.4 Å². The van der Waals surface area contributed by atoms with Crippen molar-refractivity contribution < 1.29 is 9.90 Å². The molecule has 3 N–H and O–H groups in total. The number of carboxylic acid groups (broad SMARTS) is 1. The molecule has 1 unspecified atom stereocenters. The first-order valence-electron chi connectivity index (χ1n) is 7.87. The average Bonchev–Trinajstić information content (AvgIpc) is 3.17. The number of aryl methyl sites for hydroxylation is 1. The van der Waals surface area contributed by atoms with Crippen LogP contribution in [0.4, 0.5) is 5.82 Å². The molecule has 0 aliphatic carbocycles. The molecule has 7 heteroatoms. The zero-order valence-electron chi connectivity index (χ0n) is 13.5. The highest BCUT2D eigenvalue weighted by Crippen LogP contribution is 2.28. The smallest absolute Gasteiger partial charge is 0.326 e. The van der Waals surface area contributed by atoms with Gasteiger partial charge in [-0.05, 0) is 24.6 Å². The lowest BCUT2D eigenvalue weighted by Gasteiger charge is -2.15. The number of aromatic nitrogens is 3. The maximum atomic E-state index is 11.8. The Morgan fingerprint density at radius 1 is 1.32 bits per heavy atom. The Kier molecular flexibility index (Phi) is 3.85. The minimum atomic E-state index is -0.913. The van der Waals surface area contributed by atoms with E-state index in [1.807, 2.05) is 43.5 Å². The van der Waals surface area contributed by atoms with Gasteiger partial charge in [0.25, 0.3) is 0 Å². The number of fused-ring (bicyclic) bond motifs is 2. The molecule has 1 aromatic carbocycles. The van der Waals surface area contributed by atoms with Crippen molar-refractivity contribution in [2.24, 2.45) is 0 Å². The van der Waals surface area contributed by atoms with Gasteiger partial charge in [-0.3, -0.25) is 0 Å². The number of aliphatic carboxylic acids is 1. The van der Waals surface area contributed by atoms with Gasteiger partial charge in [0.05, 0.1) is 5.39 Å². The van der Waals surface area contributed by atoms with Crippen LogP contribution in [0.1, 0.15) is 10.4 Å². The van der Waals surface area contributed by atoms with E-state index in [-0.39, 0.29) is 0 Å². The van der Waals surface area contributed by atoms with Gasteiger partial charge < -0.3 is 15.4 Å². The van der Waals surface area contributed by atoms with Crippen molar-refractivity contribution in [2.75, 3.05) is 5.32 Å². The number of H-pyrrole nitrogens is 1. The summed E-state index contributed by atoms with van der Waals surface area (Å²) in [6, 6.07) is 9.07. The van der Waals surface area contributed by atoms with Crippen LogP contribution < -0.4 is 5.32 Å². The maximum Gasteiger partial charge on any atom is 0.326 e. The van der Waals surface area contributed by atoms with Gasteiger partial charge >= 0.3 is 5.97 Å². The standard InChI is InChI=1S/C18H16N4O2S/c1-10-6-13-16(20-9-21-17(13)25-10)22-15(18(23)24)7-11-8-19-14-5-3-2-4-12(11)14/h2-6,8-9,15,19H,7H2,1H3,(H,23,24)(H,20,21,22). The van der Waals surface area contributed by atoms with Crippen LogP contribution in [0.15, 0.2) is 42.9 Å². The van der Waals surface area contributed by atoms with Crippen LogP contribution in [0.2, 0.25) is 0 Å². The van der Waals surface area contributed by atoms with E-state index in [0.717, 1.165) is 31.6 Å². The summed E-state index contributed by atoms with van der Waals surface area (Å²) in [5, 5.41) is 14.6. The van der Waals surface area contributed by atoms with Crippen molar-refractivity contribution in [1.82, 2.24) is 15.0 Å². The highest BCUT2D eigenvalue weighted by Gasteiger charge is 2.21. The number of rotatable bonds is 5. The van der Waals surface area contributed by atoms with Gasteiger partial charge in [-0.15, -0.1) is 11.3 Å². The quantitative estimate of drug-likeness (QED) is 0.511. The molecule has 0 saturated heterocycles. The van der Waals surface area contributed by atoms with E-state index in [4.69, 9.17) is 0 Å². The minimum absolute atomic E-state index is 0.355. The molecule has 0 bridgehead atoms. The summed E-state index contributed by atoms with van der Waals surface area (Å²) in [6.45, 7) is 2.00. The van der Waals surface area contributed by atoms with Crippen LogP contribution in [0, 0.1) is 6.92 Å². The molecule has 0 radical (unpaired) electrons. The van der Waals surface area contributed by atoms with Crippen LogP contribution in [0.5, 0.6) is 0 Å². The van der Waals surface area contributed by atoms with E-state index >= 15 is 0 Å². The third-order valence-corrected chi connectivity index (χ3v) is 5.12. The maximum absolute atomic E-state index is 11.8. The minimum Gasteiger partial charge on any atom is -0.480 e. The number of nitrogens with zero attached hydrogens (tertiary/aromatic N) is 2. The Labute approximate surface area is 147 Å². The third-order valence-electron chi connectivity index (χ3n) is 4.16. The number of hydrogen-bond acceptors (Lipinski definition) is 5. The number of carbonyl (C=O) groups is 1. The highest BCUT2D eigenvalue weighted by atomic mass is 32.1. The van der Waals surface area contributed by atoms with E-state index in [1.165, 1.54) is 6.33 Å². The van der Waals surface area contributed by atoms with Crippen molar-refractivity contribution >= 4 is 44.2 Å². The zero-order valence-corrected chi connectivity index (χ0v) is 14.3. The summed E-state index contributed by atoms with van der Waals surface area (Å²) in [5.74, 6) is -0.356. The molecule has 3 heterocycles. The van der Waals surface area contributed by atoms with Crippen LogP contribution in [-0.2, 0) is 11.2 Å². The number of aromatic amines is 1. The number of nitrogens with one attached hydrogen (secondary N) is 2.